The first kappa shape index (κ1) is 27.5. The molecule has 3 rings (SSSR count). The van der Waals surface area contributed by atoms with Gasteiger partial charge in [-0.15, -0.1) is 11.3 Å². The van der Waals surface area contributed by atoms with Crippen LogP contribution in [0.25, 0.3) is 10.4 Å². The molecule has 1 saturated heterocycles. The molecule has 194 valence electrons. The van der Waals surface area contributed by atoms with Crippen LogP contribution in [0.5, 0.6) is 0 Å². The summed E-state index contributed by atoms with van der Waals surface area (Å²) in [5.41, 5.74) is 4.46. The molecule has 0 unspecified atom stereocenters. The molecule has 1 aromatic carbocycles. The van der Waals surface area contributed by atoms with Gasteiger partial charge < -0.3 is 20.6 Å². The molecule has 0 aliphatic carbocycles. The Morgan fingerprint density at radius 1 is 1.19 bits per heavy atom. The Labute approximate surface area is 216 Å². The number of hydrogen-bond donors (Lipinski definition) is 3. The van der Waals surface area contributed by atoms with E-state index >= 15 is 0 Å². The maximum atomic E-state index is 13.4. The smallest absolute Gasteiger partial charge is 0.249 e. The number of aryl methyl sites for hydroxylation is 1. The van der Waals surface area contributed by atoms with Crippen molar-refractivity contribution in [3.63, 3.8) is 0 Å². The van der Waals surface area contributed by atoms with Gasteiger partial charge in [-0.1, -0.05) is 51.6 Å². The summed E-state index contributed by atoms with van der Waals surface area (Å²) in [5.74, 6) is -1.04. The van der Waals surface area contributed by atoms with Gasteiger partial charge in [-0.2, -0.15) is 0 Å². The van der Waals surface area contributed by atoms with Crippen molar-refractivity contribution in [3.05, 3.63) is 53.2 Å². The van der Waals surface area contributed by atoms with E-state index in [4.69, 9.17) is 0 Å². The van der Waals surface area contributed by atoms with Crippen molar-refractivity contribution in [3.8, 4) is 10.4 Å². The number of aliphatic hydroxyl groups excluding tert-OH is 1. The molecular formula is C27H36N4O4S. The molecule has 9 heteroatoms. The number of β-amino-alcohol motifs (C(OH)–C–C–N with tert-alkyl or cyclic N) is 1. The van der Waals surface area contributed by atoms with Crippen LogP contribution in [0.3, 0.4) is 0 Å². The zero-order chi connectivity index (χ0) is 26.8. The summed E-state index contributed by atoms with van der Waals surface area (Å²) < 4.78 is 0. The average Bonchev–Trinajstić information content (AvgIpc) is 3.41. The number of carbonyl (C=O) groups excluding carboxylic acids is 3. The number of nitrogens with one attached hydrogen (secondary N) is 2. The molecule has 1 fully saturated rings. The Morgan fingerprint density at radius 3 is 2.36 bits per heavy atom. The van der Waals surface area contributed by atoms with E-state index in [9.17, 15) is 19.5 Å². The second kappa shape index (κ2) is 10.9. The summed E-state index contributed by atoms with van der Waals surface area (Å²) in [6, 6.07) is 6.22. The van der Waals surface area contributed by atoms with Crippen LogP contribution in [0.4, 0.5) is 0 Å². The van der Waals surface area contributed by atoms with Crippen molar-refractivity contribution in [2.45, 2.75) is 72.2 Å². The zero-order valence-corrected chi connectivity index (χ0v) is 22.6. The second-order valence-corrected chi connectivity index (χ2v) is 11.4. The number of nitrogens with zero attached hydrogens (tertiary/aromatic N) is 2. The highest BCUT2D eigenvalue weighted by atomic mass is 32.1. The molecule has 0 saturated carbocycles. The fourth-order valence-electron chi connectivity index (χ4n) is 4.43. The number of amides is 3. The second-order valence-electron chi connectivity index (χ2n) is 10.5. The highest BCUT2D eigenvalue weighted by Crippen LogP contribution is 2.30. The number of aliphatic hydroxyl groups is 1. The highest BCUT2D eigenvalue weighted by Gasteiger charge is 2.43. The van der Waals surface area contributed by atoms with Gasteiger partial charge in [0.25, 0.3) is 0 Å². The first-order chi connectivity index (χ1) is 16.8. The lowest BCUT2D eigenvalue weighted by atomic mass is 9.85. The SMILES string of the molecule is C=C(C(=O)N[C@@H](C)c1ccc(-c2scnc2C)cc1)[C@@H]1C[C@@H](O)CN1C(=O)[C@@H](NC(C)=O)C(C)(C)C. The first-order valence-electron chi connectivity index (χ1n) is 12.0. The predicted octanol–water partition coefficient (Wildman–Crippen LogP) is 3.36. The van der Waals surface area contributed by atoms with E-state index in [1.807, 2.05) is 64.4 Å². The molecule has 8 nitrogen and oxygen atoms in total. The minimum atomic E-state index is -0.793. The van der Waals surface area contributed by atoms with Gasteiger partial charge in [0.1, 0.15) is 6.04 Å². The number of benzene rings is 1. The third-order valence-electron chi connectivity index (χ3n) is 6.48. The van der Waals surface area contributed by atoms with Crippen LogP contribution in [0.2, 0.25) is 0 Å². The molecule has 1 aliphatic heterocycles. The molecule has 2 heterocycles. The Balaban J connectivity index is 1.71. The molecular weight excluding hydrogens is 476 g/mol. The molecule has 0 spiro atoms. The van der Waals surface area contributed by atoms with E-state index in [0.717, 1.165) is 21.7 Å². The standard InChI is InChI=1S/C27H36N4O4S/c1-15(22-12-21(33)13-31(22)26(35)24(27(5,6)7)30-18(4)32)25(34)29-16(2)19-8-10-20(11-9-19)23-17(3)28-14-36-23/h8-11,14,16,21-22,24,33H,1,12-13H2,2-7H3,(H,29,34)(H,30,32)/t16-,21+,22-,24+/m0/s1. The van der Waals surface area contributed by atoms with Gasteiger partial charge in [-0.05, 0) is 36.8 Å². The lowest BCUT2D eigenvalue weighted by Crippen LogP contribution is -2.56. The van der Waals surface area contributed by atoms with E-state index in [-0.39, 0.29) is 42.3 Å². The molecule has 1 aliphatic rings. The van der Waals surface area contributed by atoms with Gasteiger partial charge in [-0.25, -0.2) is 4.98 Å². The zero-order valence-electron chi connectivity index (χ0n) is 21.8. The molecule has 2 aromatic rings. The lowest BCUT2D eigenvalue weighted by Gasteiger charge is -2.35. The van der Waals surface area contributed by atoms with Crippen molar-refractivity contribution < 1.29 is 19.5 Å². The minimum absolute atomic E-state index is 0.0793. The minimum Gasteiger partial charge on any atom is -0.391 e. The molecule has 3 amide bonds. The number of hydrogen-bond acceptors (Lipinski definition) is 6. The summed E-state index contributed by atoms with van der Waals surface area (Å²) in [5, 5.41) is 16.0. The molecule has 4 atom stereocenters. The summed E-state index contributed by atoms with van der Waals surface area (Å²) in [6.45, 7) is 14.9. The van der Waals surface area contributed by atoms with E-state index in [2.05, 4.69) is 22.2 Å². The summed E-state index contributed by atoms with van der Waals surface area (Å²) >= 11 is 1.59. The van der Waals surface area contributed by atoms with Crippen LogP contribution in [0.15, 0.2) is 41.9 Å². The Hall–Kier alpha value is -3.04. The molecule has 0 bridgehead atoms. The van der Waals surface area contributed by atoms with Gasteiger partial charge in [0.15, 0.2) is 0 Å². The van der Waals surface area contributed by atoms with E-state index in [0.29, 0.717) is 0 Å². The van der Waals surface area contributed by atoms with Crippen molar-refractivity contribution in [2.75, 3.05) is 6.54 Å². The predicted molar refractivity (Wildman–Crippen MR) is 141 cm³/mol. The third kappa shape index (κ3) is 6.20. The van der Waals surface area contributed by atoms with Gasteiger partial charge >= 0.3 is 0 Å². The lowest BCUT2D eigenvalue weighted by molar-refractivity contribution is -0.139. The molecule has 0 radical (unpaired) electrons. The van der Waals surface area contributed by atoms with Gasteiger partial charge in [0.05, 0.1) is 34.3 Å². The van der Waals surface area contributed by atoms with Crippen molar-refractivity contribution in [1.82, 2.24) is 20.5 Å². The van der Waals surface area contributed by atoms with Crippen LogP contribution in [-0.2, 0) is 14.4 Å². The summed E-state index contributed by atoms with van der Waals surface area (Å²) in [7, 11) is 0. The first-order valence-corrected chi connectivity index (χ1v) is 12.9. The molecule has 3 N–H and O–H groups in total. The van der Waals surface area contributed by atoms with Crippen LogP contribution >= 0.6 is 11.3 Å². The third-order valence-corrected chi connectivity index (χ3v) is 7.46. The normalized spacial score (nSPS) is 19.5. The van der Waals surface area contributed by atoms with Crippen molar-refractivity contribution in [1.29, 1.82) is 0 Å². The van der Waals surface area contributed by atoms with Gasteiger partial charge in [0.2, 0.25) is 17.7 Å². The number of likely N-dealkylation sites (tertiary alicyclic amines) is 1. The Kier molecular flexibility index (Phi) is 8.36. The topological polar surface area (TPSA) is 112 Å². The maximum absolute atomic E-state index is 13.4. The Morgan fingerprint density at radius 2 is 1.83 bits per heavy atom. The maximum Gasteiger partial charge on any atom is 0.249 e. The van der Waals surface area contributed by atoms with Crippen LogP contribution in [-0.4, -0.2) is 57.4 Å². The number of carbonyl (C=O) groups is 3. The number of rotatable bonds is 7. The molecule has 36 heavy (non-hydrogen) atoms. The molecule has 1 aromatic heterocycles. The number of aromatic nitrogens is 1. The van der Waals surface area contributed by atoms with Gasteiger partial charge in [-0.3, -0.25) is 14.4 Å². The van der Waals surface area contributed by atoms with Crippen LogP contribution in [0.1, 0.15) is 58.3 Å². The van der Waals surface area contributed by atoms with E-state index in [1.165, 1.54) is 11.8 Å². The van der Waals surface area contributed by atoms with Crippen molar-refractivity contribution >= 4 is 29.1 Å². The quantitative estimate of drug-likeness (QED) is 0.493. The summed E-state index contributed by atoms with van der Waals surface area (Å²) in [4.78, 5) is 45.2. The van der Waals surface area contributed by atoms with E-state index in [1.54, 1.807) is 11.3 Å². The fourth-order valence-corrected chi connectivity index (χ4v) is 5.24. The van der Waals surface area contributed by atoms with E-state index < -0.39 is 23.6 Å². The van der Waals surface area contributed by atoms with Crippen LogP contribution in [0, 0.1) is 12.3 Å². The van der Waals surface area contributed by atoms with Crippen molar-refractivity contribution in [2.24, 2.45) is 5.41 Å². The fraction of sp³-hybridized carbons (Fsp3) is 0.481. The highest BCUT2D eigenvalue weighted by molar-refractivity contribution is 7.13. The van der Waals surface area contributed by atoms with Gasteiger partial charge in [0, 0.05) is 19.0 Å². The Bertz CT molecular complexity index is 1140. The average molecular weight is 513 g/mol. The summed E-state index contributed by atoms with van der Waals surface area (Å²) in [6.07, 6.45) is -0.562. The monoisotopic (exact) mass is 512 g/mol. The largest absolute Gasteiger partial charge is 0.391 e. The van der Waals surface area contributed by atoms with Crippen LogP contribution < -0.4 is 10.6 Å². The number of thiazole rings is 1.